The second-order valence-electron chi connectivity index (χ2n) is 5.31. The molecule has 2 heterocycles. The van der Waals surface area contributed by atoms with Crippen LogP contribution in [0.2, 0.25) is 0 Å². The Morgan fingerprint density at radius 2 is 1.53 bits per heavy atom. The molecule has 0 saturated carbocycles. The quantitative estimate of drug-likeness (QED) is 0.716. The van der Waals surface area contributed by atoms with Crippen LogP contribution in [-0.2, 0) is 9.47 Å². The lowest BCUT2D eigenvalue weighted by atomic mass is 9.69. The predicted molar refractivity (Wildman–Crippen MR) is 60.9 cm³/mol. The van der Waals surface area contributed by atoms with Gasteiger partial charge in [-0.1, -0.05) is 34.1 Å². The Hall–Kier alpha value is -0.0800. The summed E-state index contributed by atoms with van der Waals surface area (Å²) in [5.74, 6) is 1.08. The fraction of sp³-hybridized carbons (Fsp3) is 1.00. The minimum Gasteiger partial charge on any atom is -0.371 e. The van der Waals surface area contributed by atoms with Crippen molar-refractivity contribution in [2.24, 2.45) is 11.8 Å². The van der Waals surface area contributed by atoms with E-state index in [2.05, 4.69) is 27.7 Å². The van der Waals surface area contributed by atoms with Gasteiger partial charge in [0.2, 0.25) is 0 Å². The molecule has 2 aliphatic rings. The number of rotatable bonds is 3. The summed E-state index contributed by atoms with van der Waals surface area (Å²) in [6.07, 6.45) is 3.41. The van der Waals surface area contributed by atoms with E-state index in [0.29, 0.717) is 11.8 Å². The van der Waals surface area contributed by atoms with E-state index in [-0.39, 0.29) is 11.2 Å². The van der Waals surface area contributed by atoms with Gasteiger partial charge < -0.3 is 9.47 Å². The van der Waals surface area contributed by atoms with Gasteiger partial charge in [0, 0.05) is 11.8 Å². The molecular weight excluding hydrogens is 188 g/mol. The van der Waals surface area contributed by atoms with Crippen molar-refractivity contribution in [1.82, 2.24) is 0 Å². The Balaban J connectivity index is 2.37. The molecule has 0 aromatic rings. The first-order valence-corrected chi connectivity index (χ1v) is 6.41. The highest BCUT2D eigenvalue weighted by Crippen LogP contribution is 2.55. The zero-order valence-corrected chi connectivity index (χ0v) is 10.5. The average Bonchev–Trinajstić information content (AvgIpc) is 2.66. The lowest BCUT2D eigenvalue weighted by Crippen LogP contribution is -2.52. The van der Waals surface area contributed by atoms with Gasteiger partial charge in [0.05, 0.1) is 13.2 Å². The van der Waals surface area contributed by atoms with Crippen LogP contribution in [0.5, 0.6) is 0 Å². The molecule has 2 heteroatoms. The molecule has 2 rings (SSSR count). The van der Waals surface area contributed by atoms with Crippen LogP contribution in [0.1, 0.15) is 47.0 Å². The summed E-state index contributed by atoms with van der Waals surface area (Å²) in [6, 6.07) is 0. The third-order valence-corrected chi connectivity index (χ3v) is 4.64. The molecule has 2 saturated heterocycles. The monoisotopic (exact) mass is 212 g/mol. The first kappa shape index (κ1) is 11.4. The summed E-state index contributed by atoms with van der Waals surface area (Å²) >= 11 is 0. The topological polar surface area (TPSA) is 18.5 Å². The molecule has 2 fully saturated rings. The number of hydrogen-bond acceptors (Lipinski definition) is 2. The van der Waals surface area contributed by atoms with E-state index < -0.39 is 0 Å². The Bertz CT molecular complexity index is 237. The van der Waals surface area contributed by atoms with Gasteiger partial charge in [0.15, 0.2) is 0 Å². The molecule has 4 unspecified atom stereocenters. The van der Waals surface area contributed by atoms with Gasteiger partial charge in [-0.25, -0.2) is 0 Å². The van der Waals surface area contributed by atoms with E-state index in [1.165, 1.54) is 6.42 Å². The molecule has 0 N–H and O–H groups in total. The molecule has 2 nitrogen and oxygen atoms in total. The van der Waals surface area contributed by atoms with Crippen LogP contribution in [0.15, 0.2) is 0 Å². The van der Waals surface area contributed by atoms with Crippen molar-refractivity contribution in [3.63, 3.8) is 0 Å². The lowest BCUT2D eigenvalue weighted by molar-refractivity contribution is -0.110. The third kappa shape index (κ3) is 1.24. The third-order valence-electron chi connectivity index (χ3n) is 4.64. The predicted octanol–water partition coefficient (Wildman–Crippen LogP) is 3.01. The molecule has 0 spiro atoms. The minimum absolute atomic E-state index is 0.00241. The van der Waals surface area contributed by atoms with Crippen LogP contribution in [-0.4, -0.2) is 24.4 Å². The molecule has 15 heavy (non-hydrogen) atoms. The van der Waals surface area contributed by atoms with Crippen molar-refractivity contribution >= 4 is 0 Å². The molecular formula is C13H24O2. The standard InChI is InChI=1S/C13H24O2/c1-5-7-13-11(4)9-14-12(13,6-2)10(3)8-15-13/h10-11H,5-9H2,1-4H3. The van der Waals surface area contributed by atoms with E-state index in [9.17, 15) is 0 Å². The first-order valence-electron chi connectivity index (χ1n) is 6.41. The molecule has 4 atom stereocenters. The maximum Gasteiger partial charge on any atom is 0.102 e. The Morgan fingerprint density at radius 3 is 2.07 bits per heavy atom. The van der Waals surface area contributed by atoms with Crippen molar-refractivity contribution in [3.8, 4) is 0 Å². The molecule has 0 aliphatic carbocycles. The zero-order chi connectivity index (χ0) is 11.1. The summed E-state index contributed by atoms with van der Waals surface area (Å²) in [5.41, 5.74) is 0.0122. The second-order valence-corrected chi connectivity index (χ2v) is 5.31. The maximum atomic E-state index is 6.20. The highest BCUT2D eigenvalue weighted by Gasteiger charge is 2.65. The van der Waals surface area contributed by atoms with Crippen LogP contribution >= 0.6 is 0 Å². The molecule has 0 aromatic heterocycles. The average molecular weight is 212 g/mol. The summed E-state index contributed by atoms with van der Waals surface area (Å²) in [6.45, 7) is 10.8. The highest BCUT2D eigenvalue weighted by molar-refractivity contribution is 5.14. The van der Waals surface area contributed by atoms with Gasteiger partial charge in [-0.2, -0.15) is 0 Å². The molecule has 0 bridgehead atoms. The Labute approximate surface area is 93.3 Å². The minimum atomic E-state index is 0.00241. The summed E-state index contributed by atoms with van der Waals surface area (Å²) in [7, 11) is 0. The van der Waals surface area contributed by atoms with Gasteiger partial charge in [0.25, 0.3) is 0 Å². The molecule has 0 radical (unpaired) electrons. The van der Waals surface area contributed by atoms with Crippen LogP contribution in [0.3, 0.4) is 0 Å². The Morgan fingerprint density at radius 1 is 1.00 bits per heavy atom. The van der Waals surface area contributed by atoms with Gasteiger partial charge in [-0.05, 0) is 12.8 Å². The summed E-state index contributed by atoms with van der Waals surface area (Å²) < 4.78 is 12.4. The zero-order valence-electron chi connectivity index (χ0n) is 10.5. The fourth-order valence-electron chi connectivity index (χ4n) is 3.83. The van der Waals surface area contributed by atoms with Crippen molar-refractivity contribution < 1.29 is 9.47 Å². The molecule has 88 valence electrons. The van der Waals surface area contributed by atoms with E-state index in [0.717, 1.165) is 26.1 Å². The van der Waals surface area contributed by atoms with Gasteiger partial charge in [-0.15, -0.1) is 0 Å². The number of hydrogen-bond donors (Lipinski definition) is 0. The van der Waals surface area contributed by atoms with Crippen LogP contribution < -0.4 is 0 Å². The van der Waals surface area contributed by atoms with Gasteiger partial charge >= 0.3 is 0 Å². The van der Waals surface area contributed by atoms with Crippen molar-refractivity contribution in [2.75, 3.05) is 13.2 Å². The van der Waals surface area contributed by atoms with Crippen molar-refractivity contribution in [3.05, 3.63) is 0 Å². The fourth-order valence-corrected chi connectivity index (χ4v) is 3.83. The van der Waals surface area contributed by atoms with E-state index >= 15 is 0 Å². The van der Waals surface area contributed by atoms with Crippen LogP contribution in [0, 0.1) is 11.8 Å². The SMILES string of the molecule is CCCC12OCC(C)C1(CC)OCC2C. The largest absolute Gasteiger partial charge is 0.371 e. The van der Waals surface area contributed by atoms with Crippen LogP contribution in [0.4, 0.5) is 0 Å². The van der Waals surface area contributed by atoms with Crippen LogP contribution in [0.25, 0.3) is 0 Å². The first-order chi connectivity index (χ1) is 7.13. The molecule has 2 aliphatic heterocycles. The second kappa shape index (κ2) is 3.74. The normalized spacial score (nSPS) is 49.6. The number of fused-ring (bicyclic) bond motifs is 1. The number of ether oxygens (including phenoxy) is 2. The maximum absolute atomic E-state index is 6.20. The highest BCUT2D eigenvalue weighted by atomic mass is 16.6. The van der Waals surface area contributed by atoms with E-state index in [4.69, 9.17) is 9.47 Å². The van der Waals surface area contributed by atoms with Gasteiger partial charge in [0.1, 0.15) is 11.2 Å². The van der Waals surface area contributed by atoms with Crippen molar-refractivity contribution in [2.45, 2.75) is 58.2 Å². The smallest absolute Gasteiger partial charge is 0.102 e. The van der Waals surface area contributed by atoms with E-state index in [1.807, 2.05) is 0 Å². The van der Waals surface area contributed by atoms with E-state index in [1.54, 1.807) is 0 Å². The molecule has 0 aromatic carbocycles. The Kier molecular flexibility index (Phi) is 2.85. The summed E-state index contributed by atoms with van der Waals surface area (Å²) in [4.78, 5) is 0. The molecule has 0 amide bonds. The lowest BCUT2D eigenvalue weighted by Gasteiger charge is -2.41. The van der Waals surface area contributed by atoms with Crippen molar-refractivity contribution in [1.29, 1.82) is 0 Å². The van der Waals surface area contributed by atoms with Gasteiger partial charge in [-0.3, -0.25) is 0 Å². The summed E-state index contributed by atoms with van der Waals surface area (Å²) in [5, 5.41) is 0.